The van der Waals surface area contributed by atoms with Gasteiger partial charge in [-0.05, 0) is 73.5 Å². The third-order valence-electron chi connectivity index (χ3n) is 5.07. The fourth-order valence-corrected chi connectivity index (χ4v) is 4.98. The Balaban J connectivity index is 1.36. The molecule has 1 aliphatic rings. The molecule has 2 aromatic carbocycles. The van der Waals surface area contributed by atoms with Gasteiger partial charge in [-0.1, -0.05) is 11.6 Å². The molecule has 32 heavy (non-hydrogen) atoms. The van der Waals surface area contributed by atoms with Crippen LogP contribution >= 0.6 is 11.6 Å². The minimum Gasteiger partial charge on any atom is -0.451 e. The summed E-state index contributed by atoms with van der Waals surface area (Å²) < 4.78 is 32.1. The molecule has 0 unspecified atom stereocenters. The van der Waals surface area contributed by atoms with Crippen molar-refractivity contribution >= 4 is 33.4 Å². The van der Waals surface area contributed by atoms with E-state index in [1.807, 2.05) is 0 Å². The van der Waals surface area contributed by atoms with Crippen LogP contribution in [0.3, 0.4) is 0 Å². The van der Waals surface area contributed by atoms with E-state index in [1.165, 1.54) is 34.6 Å². The molecule has 166 valence electrons. The van der Waals surface area contributed by atoms with Crippen molar-refractivity contribution < 1.29 is 22.4 Å². The highest BCUT2D eigenvalue weighted by atomic mass is 35.5. The maximum atomic E-state index is 12.6. The van der Waals surface area contributed by atoms with Crippen molar-refractivity contribution in [3.05, 3.63) is 77.0 Å². The summed E-state index contributed by atoms with van der Waals surface area (Å²) in [6.07, 6.45) is 1.69. The summed E-state index contributed by atoms with van der Waals surface area (Å²) in [6, 6.07) is 15.6. The quantitative estimate of drug-likeness (QED) is 0.551. The number of hydrazine groups is 1. The zero-order valence-corrected chi connectivity index (χ0v) is 18.4. The van der Waals surface area contributed by atoms with Gasteiger partial charge < -0.3 is 4.42 Å². The average Bonchev–Trinajstić information content (AvgIpc) is 3.51. The van der Waals surface area contributed by atoms with Crippen molar-refractivity contribution in [2.45, 2.75) is 17.7 Å². The van der Waals surface area contributed by atoms with Gasteiger partial charge in [0.05, 0.1) is 4.90 Å². The van der Waals surface area contributed by atoms with E-state index in [2.05, 4.69) is 10.9 Å². The van der Waals surface area contributed by atoms with E-state index in [4.69, 9.17) is 16.0 Å². The van der Waals surface area contributed by atoms with Crippen LogP contribution in [-0.2, 0) is 10.0 Å². The third kappa shape index (κ3) is 4.69. The standard InChI is InChI=1S/C22H20ClN3O5S/c23-17-7-3-15(4-8-17)19-11-12-20(31-19)22(28)25-24-21(27)16-5-9-18(10-6-16)32(29,30)26-13-1-2-14-26/h3-12H,1-2,13-14H2,(H,24,27)(H,25,28). The first-order chi connectivity index (χ1) is 15.3. The predicted molar refractivity (Wildman–Crippen MR) is 119 cm³/mol. The van der Waals surface area contributed by atoms with Crippen molar-refractivity contribution in [1.82, 2.24) is 15.2 Å². The lowest BCUT2D eigenvalue weighted by Crippen LogP contribution is -2.41. The number of carbonyl (C=O) groups is 2. The largest absolute Gasteiger partial charge is 0.451 e. The van der Waals surface area contributed by atoms with E-state index in [0.717, 1.165) is 18.4 Å². The van der Waals surface area contributed by atoms with Gasteiger partial charge in [-0.25, -0.2) is 8.42 Å². The summed E-state index contributed by atoms with van der Waals surface area (Å²) in [7, 11) is -3.55. The van der Waals surface area contributed by atoms with Gasteiger partial charge in [-0.15, -0.1) is 0 Å². The van der Waals surface area contributed by atoms with Crippen molar-refractivity contribution in [1.29, 1.82) is 0 Å². The van der Waals surface area contributed by atoms with E-state index in [-0.39, 0.29) is 16.2 Å². The first kappa shape index (κ1) is 22.1. The Hall–Kier alpha value is -3.14. The van der Waals surface area contributed by atoms with E-state index >= 15 is 0 Å². The van der Waals surface area contributed by atoms with Crippen LogP contribution in [0, 0.1) is 0 Å². The molecule has 0 radical (unpaired) electrons. The fraction of sp³-hybridized carbons (Fsp3) is 0.182. The minimum atomic E-state index is -3.55. The maximum absolute atomic E-state index is 12.6. The lowest BCUT2D eigenvalue weighted by molar-refractivity contribution is 0.0831. The highest BCUT2D eigenvalue weighted by molar-refractivity contribution is 7.89. The molecule has 2 N–H and O–H groups in total. The molecule has 8 nitrogen and oxygen atoms in total. The van der Waals surface area contributed by atoms with Gasteiger partial charge in [-0.2, -0.15) is 4.31 Å². The molecule has 1 aliphatic heterocycles. The smallest absolute Gasteiger partial charge is 0.305 e. The highest BCUT2D eigenvalue weighted by Gasteiger charge is 2.27. The van der Waals surface area contributed by atoms with Crippen LogP contribution in [0.2, 0.25) is 5.02 Å². The molecule has 1 aromatic heterocycles. The molecular formula is C22H20ClN3O5S. The summed E-state index contributed by atoms with van der Waals surface area (Å²) in [5.41, 5.74) is 5.52. The monoisotopic (exact) mass is 473 g/mol. The van der Waals surface area contributed by atoms with Crippen LogP contribution in [0.5, 0.6) is 0 Å². The molecule has 0 spiro atoms. The second-order valence-corrected chi connectivity index (χ2v) is 9.59. The predicted octanol–water partition coefficient (Wildman–Crippen LogP) is 3.46. The number of benzene rings is 2. The number of hydrogen-bond donors (Lipinski definition) is 2. The van der Waals surface area contributed by atoms with Crippen molar-refractivity contribution in [3.8, 4) is 11.3 Å². The molecule has 10 heteroatoms. The second-order valence-electron chi connectivity index (χ2n) is 7.21. The van der Waals surface area contributed by atoms with E-state index < -0.39 is 21.8 Å². The molecule has 2 amide bonds. The van der Waals surface area contributed by atoms with Crippen molar-refractivity contribution in [2.24, 2.45) is 0 Å². The second kappa shape index (κ2) is 9.15. The van der Waals surface area contributed by atoms with Crippen LogP contribution in [0.1, 0.15) is 33.8 Å². The van der Waals surface area contributed by atoms with E-state index in [9.17, 15) is 18.0 Å². The lowest BCUT2D eigenvalue weighted by atomic mass is 10.2. The van der Waals surface area contributed by atoms with Crippen LogP contribution < -0.4 is 10.9 Å². The normalized spacial score (nSPS) is 14.3. The lowest BCUT2D eigenvalue weighted by Gasteiger charge is -2.15. The first-order valence-electron chi connectivity index (χ1n) is 9.91. The molecule has 0 saturated carbocycles. The van der Waals surface area contributed by atoms with E-state index in [1.54, 1.807) is 30.3 Å². The molecule has 0 aliphatic carbocycles. The Morgan fingerprint density at radius 1 is 0.844 bits per heavy atom. The number of hydrogen-bond acceptors (Lipinski definition) is 5. The summed E-state index contributed by atoms with van der Waals surface area (Å²) in [5.74, 6) is -0.727. The third-order valence-corrected chi connectivity index (χ3v) is 7.23. The van der Waals surface area contributed by atoms with Crippen LogP contribution in [-0.4, -0.2) is 37.6 Å². The van der Waals surface area contributed by atoms with Gasteiger partial charge in [0.25, 0.3) is 5.91 Å². The van der Waals surface area contributed by atoms with Gasteiger partial charge in [0.15, 0.2) is 5.76 Å². The fourth-order valence-electron chi connectivity index (χ4n) is 3.33. The van der Waals surface area contributed by atoms with Crippen LogP contribution in [0.4, 0.5) is 0 Å². The molecule has 1 fully saturated rings. The minimum absolute atomic E-state index is 0.0160. The Bertz CT molecular complexity index is 1230. The topological polar surface area (TPSA) is 109 Å². The number of halogens is 1. The van der Waals surface area contributed by atoms with Gasteiger partial charge >= 0.3 is 5.91 Å². The molecule has 2 heterocycles. The van der Waals surface area contributed by atoms with E-state index in [0.29, 0.717) is 23.9 Å². The Kier molecular flexibility index (Phi) is 6.31. The Labute approximate surface area is 190 Å². The first-order valence-corrected chi connectivity index (χ1v) is 11.7. The number of nitrogens with zero attached hydrogens (tertiary/aromatic N) is 1. The maximum Gasteiger partial charge on any atom is 0.305 e. The van der Waals surface area contributed by atoms with Gasteiger partial charge in [0.1, 0.15) is 5.76 Å². The van der Waals surface area contributed by atoms with Crippen molar-refractivity contribution in [2.75, 3.05) is 13.1 Å². The number of amides is 2. The van der Waals surface area contributed by atoms with Crippen molar-refractivity contribution in [3.63, 3.8) is 0 Å². The highest BCUT2D eigenvalue weighted by Crippen LogP contribution is 2.24. The molecule has 1 saturated heterocycles. The summed E-state index contributed by atoms with van der Waals surface area (Å²) in [6.45, 7) is 1.01. The van der Waals surface area contributed by atoms with Gasteiger partial charge in [0, 0.05) is 29.2 Å². The van der Waals surface area contributed by atoms with Gasteiger partial charge in [-0.3, -0.25) is 20.4 Å². The molecular weight excluding hydrogens is 454 g/mol. The number of rotatable bonds is 5. The molecule has 0 bridgehead atoms. The average molecular weight is 474 g/mol. The zero-order chi connectivity index (χ0) is 22.7. The van der Waals surface area contributed by atoms with Gasteiger partial charge in [0.2, 0.25) is 10.0 Å². The zero-order valence-electron chi connectivity index (χ0n) is 16.9. The Morgan fingerprint density at radius 3 is 2.12 bits per heavy atom. The molecule has 3 aromatic rings. The molecule has 4 rings (SSSR count). The summed E-state index contributed by atoms with van der Waals surface area (Å²) in [5, 5.41) is 0.586. The SMILES string of the molecule is O=C(NNC(=O)c1ccc(-c2ccc(Cl)cc2)o1)c1ccc(S(=O)(=O)N2CCCC2)cc1. The van der Waals surface area contributed by atoms with Crippen LogP contribution in [0.25, 0.3) is 11.3 Å². The molecule has 0 atom stereocenters. The number of carbonyl (C=O) groups excluding carboxylic acids is 2. The number of furan rings is 1. The Morgan fingerprint density at radius 2 is 1.47 bits per heavy atom. The number of nitrogens with one attached hydrogen (secondary N) is 2. The van der Waals surface area contributed by atoms with Crippen LogP contribution in [0.15, 0.2) is 70.0 Å². The summed E-state index contributed by atoms with van der Waals surface area (Å²) >= 11 is 5.87. The summed E-state index contributed by atoms with van der Waals surface area (Å²) in [4.78, 5) is 24.7. The number of sulfonamides is 1.